The Kier molecular flexibility index (Phi) is 16.2. The fourth-order valence-electron chi connectivity index (χ4n) is 7.62. The Labute approximate surface area is 364 Å². The number of esters is 1. The summed E-state index contributed by atoms with van der Waals surface area (Å²) in [6.07, 6.45) is 8.62. The molecule has 4 aromatic heterocycles. The smallest absolute Gasteiger partial charge is 0.668 e. The zero-order valence-electron chi connectivity index (χ0n) is 37.4. The number of nitrogens with two attached hydrogens (primary N) is 1. The number of nitrogen functional groups attached to an aromatic ring is 1. The third kappa shape index (κ3) is 13.0. The summed E-state index contributed by atoms with van der Waals surface area (Å²) in [6.45, 7) is 20.0. The van der Waals surface area contributed by atoms with Gasteiger partial charge in [-0.1, -0.05) is 55.8 Å². The fraction of sp³-hybridized carbons (Fsp3) is 0.422. The van der Waals surface area contributed by atoms with Crippen molar-refractivity contribution in [3.63, 3.8) is 0 Å². The van der Waals surface area contributed by atoms with Crippen LogP contribution in [0.1, 0.15) is 60.7 Å². The number of ether oxygens (including phenoxy) is 1. The van der Waals surface area contributed by atoms with Crippen molar-refractivity contribution in [3.8, 4) is 22.5 Å². The Morgan fingerprint density at radius 1 is 0.797 bits per heavy atom. The summed E-state index contributed by atoms with van der Waals surface area (Å²) in [6, 6.07) is 16.5. The number of carbonyl (C=O) groups is 2. The first-order chi connectivity index (χ1) is 27.3. The van der Waals surface area contributed by atoms with Gasteiger partial charge < -0.3 is 15.1 Å². The van der Waals surface area contributed by atoms with Crippen molar-refractivity contribution in [3.05, 3.63) is 93.7 Å². The second-order valence-electron chi connectivity index (χ2n) is 17.2. The minimum atomic E-state index is -1.11. The first-order valence-electron chi connectivity index (χ1n) is 20.3. The molecule has 2 N–H and O–H groups in total. The van der Waals surface area contributed by atoms with E-state index in [0.717, 1.165) is 86.2 Å². The molecule has 0 saturated carbocycles. The van der Waals surface area contributed by atoms with Gasteiger partial charge in [-0.15, -0.1) is 0 Å². The van der Waals surface area contributed by atoms with Gasteiger partial charge in [0.2, 0.25) is 0 Å². The number of rotatable bonds is 9. The minimum Gasteiger partial charge on any atom is -0.668 e. The van der Waals surface area contributed by atoms with Crippen molar-refractivity contribution < 1.29 is 33.2 Å². The predicted molar refractivity (Wildman–Crippen MR) is 243 cm³/mol. The maximum atomic E-state index is 11.9. The minimum absolute atomic E-state index is 0. The van der Waals surface area contributed by atoms with Crippen molar-refractivity contribution >= 4 is 55.7 Å². The number of aromatic nitrogens is 6. The molecular weight excluding hydrogens is 764 g/mol. The molecule has 6 aromatic rings. The average molecular weight is 825 g/mol. The number of anilines is 1. The molecule has 0 aliphatic heterocycles. The number of fused-ring (bicyclic) bond motifs is 3. The third-order valence-corrected chi connectivity index (χ3v) is 15.1. The number of benzene rings is 2. The molecule has 1 aliphatic carbocycles. The topological polar surface area (TPSA) is 145 Å². The van der Waals surface area contributed by atoms with Crippen LogP contribution in [-0.2, 0) is 47.7 Å². The molecule has 14 heteroatoms. The standard InChI is InChI=1S/C20H24N4O2.C19H19N3O.C6H18NSi2.Li/c1-4-26-19(25)7-5-6-14-11-16-18(12-17(14)21)24(3)23-20(16)15-8-9-22-13(2)10-15;1-12-8-14(6-7-20-12)19-17-10-13-4-3-5-16(23)9-15(13)11-18(17)22(2)21-19;1-8(2,3)7-9(4,5)6;/h8-12H,4-7,21H2,1-3H3;6-8,10-11H,3-5,9H2,1-2H3;1-6H3;/q;;-1;+1. The first kappa shape index (κ1) is 47.3. The van der Waals surface area contributed by atoms with E-state index < -0.39 is 16.5 Å². The number of nitrogens with zero attached hydrogens (tertiary/aromatic N) is 7. The summed E-state index contributed by atoms with van der Waals surface area (Å²) in [7, 11) is 1.67. The summed E-state index contributed by atoms with van der Waals surface area (Å²) in [4.78, 5) is 32.0. The van der Waals surface area contributed by atoms with Gasteiger partial charge in [0.15, 0.2) is 0 Å². The second-order valence-corrected chi connectivity index (χ2v) is 26.8. The number of ketones is 1. The first-order valence-corrected chi connectivity index (χ1v) is 27.2. The summed E-state index contributed by atoms with van der Waals surface area (Å²) in [5.41, 5.74) is 18.5. The van der Waals surface area contributed by atoms with Crippen molar-refractivity contribution in [1.29, 1.82) is 0 Å². The van der Waals surface area contributed by atoms with Gasteiger partial charge >= 0.3 is 24.8 Å². The Hall–Kier alpha value is -4.39. The van der Waals surface area contributed by atoms with E-state index in [1.54, 1.807) is 6.20 Å². The third-order valence-electron chi connectivity index (χ3n) is 9.72. The molecule has 59 heavy (non-hydrogen) atoms. The number of carbonyl (C=O) groups excluding carboxylic acids is 2. The van der Waals surface area contributed by atoms with Crippen molar-refractivity contribution in [1.82, 2.24) is 29.5 Å². The number of aryl methyl sites for hydroxylation is 6. The van der Waals surface area contributed by atoms with Crippen LogP contribution in [0.5, 0.6) is 0 Å². The summed E-state index contributed by atoms with van der Waals surface area (Å²) >= 11 is 0. The van der Waals surface area contributed by atoms with Gasteiger partial charge in [-0.3, -0.25) is 28.9 Å². The van der Waals surface area contributed by atoms with Gasteiger partial charge in [-0.25, -0.2) is 0 Å². The van der Waals surface area contributed by atoms with Gasteiger partial charge in [0.05, 0.1) is 17.6 Å². The number of pyridine rings is 2. The van der Waals surface area contributed by atoms with Crippen LogP contribution in [0.2, 0.25) is 39.3 Å². The van der Waals surface area contributed by atoms with E-state index in [0.29, 0.717) is 38.1 Å². The number of Topliss-reactive ketones (excluding diaryl/α,β-unsaturated/α-hetero) is 1. The summed E-state index contributed by atoms with van der Waals surface area (Å²) in [5, 5.41) is 11.6. The van der Waals surface area contributed by atoms with Gasteiger partial charge in [-0.05, 0) is 112 Å². The average Bonchev–Trinajstić information content (AvgIpc) is 3.54. The summed E-state index contributed by atoms with van der Waals surface area (Å²) in [5.74, 6) is 0.178. The van der Waals surface area contributed by atoms with E-state index in [-0.39, 0.29) is 24.8 Å². The zero-order chi connectivity index (χ0) is 42.4. The van der Waals surface area contributed by atoms with E-state index in [4.69, 9.17) is 20.2 Å². The van der Waals surface area contributed by atoms with Gasteiger partial charge in [0.25, 0.3) is 0 Å². The van der Waals surface area contributed by atoms with Crippen LogP contribution >= 0.6 is 0 Å². The molecule has 308 valence electrons. The molecule has 1 aliphatic rings. The molecule has 11 nitrogen and oxygen atoms in total. The molecular formula is C45H61LiN8O3Si2. The monoisotopic (exact) mass is 824 g/mol. The van der Waals surface area contributed by atoms with Gasteiger partial charge in [0, 0.05) is 84.7 Å². The number of hydrogen-bond donors (Lipinski definition) is 1. The molecule has 7 rings (SSSR count). The largest absolute Gasteiger partial charge is 1.00 e. The molecule has 0 amide bonds. The predicted octanol–water partition coefficient (Wildman–Crippen LogP) is 6.84. The molecule has 0 bridgehead atoms. The number of hydrogen-bond acceptors (Lipinski definition) is 8. The Morgan fingerprint density at radius 3 is 1.85 bits per heavy atom. The van der Waals surface area contributed by atoms with Crippen molar-refractivity contribution in [2.75, 3.05) is 12.3 Å². The van der Waals surface area contributed by atoms with Gasteiger partial charge in [0.1, 0.15) is 17.2 Å². The molecule has 0 fully saturated rings. The van der Waals surface area contributed by atoms with E-state index in [2.05, 4.69) is 78.6 Å². The maximum absolute atomic E-state index is 11.9. The quantitative estimate of drug-likeness (QED) is 0.0723. The molecule has 4 heterocycles. The molecule has 0 unspecified atom stereocenters. The van der Waals surface area contributed by atoms with Crippen molar-refractivity contribution in [2.45, 2.75) is 105 Å². The maximum Gasteiger partial charge on any atom is 1.00 e. The fourth-order valence-corrected chi connectivity index (χ4v) is 15.7. The Bertz CT molecular complexity index is 2400. The molecule has 2 aromatic carbocycles. The van der Waals surface area contributed by atoms with Crippen LogP contribution < -0.4 is 24.6 Å². The Morgan fingerprint density at radius 2 is 1.34 bits per heavy atom. The van der Waals surface area contributed by atoms with Crippen LogP contribution in [0.4, 0.5) is 5.69 Å². The SMILES string of the molecule is CCOC(=O)CCCc1cc2c(-c3ccnc(C)c3)nn(C)c2cc1N.C[Si](C)(C)[N-][Si](C)(C)C.Cc1cc(-c2nn(C)c3cc4c(cc23)CCCC(=O)C4)ccn1.[Li+]. The molecule has 0 radical (unpaired) electrons. The van der Waals surface area contributed by atoms with Crippen LogP contribution in [0.15, 0.2) is 60.9 Å². The molecule has 0 spiro atoms. The summed E-state index contributed by atoms with van der Waals surface area (Å²) < 4.78 is 13.6. The molecule has 0 atom stereocenters. The zero-order valence-corrected chi connectivity index (χ0v) is 39.4. The van der Waals surface area contributed by atoms with E-state index in [1.807, 2.05) is 74.7 Å². The van der Waals surface area contributed by atoms with Crippen LogP contribution in [0.25, 0.3) is 49.0 Å². The normalized spacial score (nSPS) is 12.8. The van der Waals surface area contributed by atoms with Crippen LogP contribution in [0.3, 0.4) is 0 Å². The van der Waals surface area contributed by atoms with Crippen molar-refractivity contribution in [2.24, 2.45) is 14.1 Å². The second kappa shape index (κ2) is 20.2. The molecule has 0 saturated heterocycles. The van der Waals surface area contributed by atoms with Crippen LogP contribution in [-0.4, -0.2) is 64.4 Å². The Balaban J connectivity index is 0.000000215. The van der Waals surface area contributed by atoms with E-state index in [1.165, 1.54) is 11.1 Å². The van der Waals surface area contributed by atoms with Gasteiger partial charge in [-0.2, -0.15) is 10.2 Å². The van der Waals surface area contributed by atoms with E-state index in [9.17, 15) is 9.59 Å². The van der Waals surface area contributed by atoms with E-state index >= 15 is 0 Å². The van der Waals surface area contributed by atoms with Crippen LogP contribution in [0, 0.1) is 13.8 Å².